The highest BCUT2D eigenvalue weighted by Crippen LogP contribution is 2.17. The molecule has 1 N–H and O–H groups in total. The lowest BCUT2D eigenvalue weighted by Gasteiger charge is -2.01. The third-order valence-electron chi connectivity index (χ3n) is 2.60. The fraction of sp³-hybridized carbons (Fsp3) is 0. The van der Waals surface area contributed by atoms with Crippen molar-refractivity contribution in [3.05, 3.63) is 74.2 Å². The van der Waals surface area contributed by atoms with Gasteiger partial charge in [-0.25, -0.2) is 5.43 Å². The number of carbonyl (C=O) groups is 1. The fourth-order valence-electron chi connectivity index (χ4n) is 1.60. The number of hydrazone groups is 1. The molecule has 0 saturated heterocycles. The molecule has 0 bridgehead atoms. The molecule has 21 heavy (non-hydrogen) atoms. The van der Waals surface area contributed by atoms with E-state index >= 15 is 0 Å². The molecule has 0 aliphatic carbocycles. The molecule has 2 aromatic carbocycles. The number of nitrogens with zero attached hydrogens (tertiary/aromatic N) is 2. The summed E-state index contributed by atoms with van der Waals surface area (Å²) >= 11 is 3.31. The zero-order valence-electron chi connectivity index (χ0n) is 10.7. The first-order valence-electron chi connectivity index (χ1n) is 5.90. The molecule has 0 aliphatic heterocycles. The number of para-hydroxylation sites is 1. The van der Waals surface area contributed by atoms with Gasteiger partial charge in [-0.3, -0.25) is 14.9 Å². The van der Waals surface area contributed by atoms with Crippen LogP contribution in [0.5, 0.6) is 0 Å². The largest absolute Gasteiger partial charge is 0.282 e. The molecule has 0 spiro atoms. The van der Waals surface area contributed by atoms with E-state index in [4.69, 9.17) is 0 Å². The van der Waals surface area contributed by atoms with Gasteiger partial charge in [0.2, 0.25) is 0 Å². The van der Waals surface area contributed by atoms with Crippen molar-refractivity contribution < 1.29 is 9.72 Å². The SMILES string of the molecule is O=C(N/N=C/c1ccc(Br)cc1)c1ccccc1[N+](=O)[O-]. The van der Waals surface area contributed by atoms with Crippen molar-refractivity contribution in [1.29, 1.82) is 0 Å². The van der Waals surface area contributed by atoms with Gasteiger partial charge >= 0.3 is 0 Å². The summed E-state index contributed by atoms with van der Waals surface area (Å²) in [7, 11) is 0. The summed E-state index contributed by atoms with van der Waals surface area (Å²) in [6, 6.07) is 13.0. The lowest BCUT2D eigenvalue weighted by Crippen LogP contribution is -2.18. The first-order chi connectivity index (χ1) is 10.1. The van der Waals surface area contributed by atoms with Crippen LogP contribution in [0.25, 0.3) is 0 Å². The number of hydrogen-bond donors (Lipinski definition) is 1. The number of hydrogen-bond acceptors (Lipinski definition) is 4. The number of benzene rings is 2. The van der Waals surface area contributed by atoms with Crippen molar-refractivity contribution in [2.75, 3.05) is 0 Å². The van der Waals surface area contributed by atoms with E-state index in [0.29, 0.717) is 0 Å². The molecule has 2 aromatic rings. The standard InChI is InChI=1S/C14H10BrN3O3/c15-11-7-5-10(6-8-11)9-16-17-14(19)12-3-1-2-4-13(12)18(20)21/h1-9H,(H,17,19)/b16-9+. The van der Waals surface area contributed by atoms with Crippen LogP contribution in [0.1, 0.15) is 15.9 Å². The van der Waals surface area contributed by atoms with E-state index in [1.54, 1.807) is 6.07 Å². The van der Waals surface area contributed by atoms with Crippen LogP contribution >= 0.6 is 15.9 Å². The number of halogens is 1. The number of nitro groups is 1. The van der Waals surface area contributed by atoms with Gasteiger partial charge in [-0.1, -0.05) is 40.2 Å². The summed E-state index contributed by atoms with van der Waals surface area (Å²) in [5.41, 5.74) is 2.78. The average Bonchev–Trinajstić information content (AvgIpc) is 2.49. The molecule has 0 heterocycles. The van der Waals surface area contributed by atoms with Gasteiger partial charge in [0.25, 0.3) is 11.6 Å². The van der Waals surface area contributed by atoms with Crippen LogP contribution in [-0.2, 0) is 0 Å². The second-order valence-electron chi connectivity index (χ2n) is 4.02. The quantitative estimate of drug-likeness (QED) is 0.523. The van der Waals surface area contributed by atoms with E-state index in [2.05, 4.69) is 26.5 Å². The number of nitrogens with one attached hydrogen (secondary N) is 1. The predicted molar refractivity (Wildman–Crippen MR) is 82.3 cm³/mol. The molecular weight excluding hydrogens is 338 g/mol. The maximum atomic E-state index is 11.9. The minimum Gasteiger partial charge on any atom is -0.267 e. The van der Waals surface area contributed by atoms with E-state index < -0.39 is 10.8 Å². The smallest absolute Gasteiger partial charge is 0.267 e. The van der Waals surface area contributed by atoms with E-state index in [1.807, 2.05) is 24.3 Å². The van der Waals surface area contributed by atoms with Crippen LogP contribution < -0.4 is 5.43 Å². The number of nitro benzene ring substituents is 1. The highest BCUT2D eigenvalue weighted by Gasteiger charge is 2.18. The summed E-state index contributed by atoms with van der Waals surface area (Å²) in [5.74, 6) is -0.629. The zero-order valence-corrected chi connectivity index (χ0v) is 12.3. The summed E-state index contributed by atoms with van der Waals surface area (Å²) < 4.78 is 0.934. The van der Waals surface area contributed by atoms with Gasteiger partial charge in [0.05, 0.1) is 11.1 Å². The molecule has 106 valence electrons. The Morgan fingerprint density at radius 2 is 1.86 bits per heavy atom. The first kappa shape index (κ1) is 14.9. The third kappa shape index (κ3) is 3.96. The average molecular weight is 348 g/mol. The summed E-state index contributed by atoms with van der Waals surface area (Å²) in [5, 5.41) is 14.6. The van der Waals surface area contributed by atoms with E-state index in [1.165, 1.54) is 24.4 Å². The van der Waals surface area contributed by atoms with E-state index in [-0.39, 0.29) is 11.3 Å². The summed E-state index contributed by atoms with van der Waals surface area (Å²) in [6.07, 6.45) is 1.46. The van der Waals surface area contributed by atoms with Gasteiger partial charge in [-0.05, 0) is 23.8 Å². The minimum absolute atomic E-state index is 0.0320. The monoisotopic (exact) mass is 347 g/mol. The van der Waals surface area contributed by atoms with Crippen LogP contribution in [0, 0.1) is 10.1 Å². The second kappa shape index (κ2) is 6.76. The Bertz CT molecular complexity index is 699. The van der Waals surface area contributed by atoms with Gasteiger partial charge < -0.3 is 0 Å². The topological polar surface area (TPSA) is 84.6 Å². The van der Waals surface area contributed by atoms with Crippen molar-refractivity contribution in [1.82, 2.24) is 5.43 Å². The maximum absolute atomic E-state index is 11.9. The van der Waals surface area contributed by atoms with Crippen LogP contribution in [0.15, 0.2) is 58.1 Å². The molecule has 0 unspecified atom stereocenters. The first-order valence-corrected chi connectivity index (χ1v) is 6.69. The van der Waals surface area contributed by atoms with Gasteiger partial charge in [-0.15, -0.1) is 0 Å². The predicted octanol–water partition coefficient (Wildman–Crippen LogP) is 3.12. The van der Waals surface area contributed by atoms with Crippen LogP contribution in [-0.4, -0.2) is 17.0 Å². The van der Waals surface area contributed by atoms with Gasteiger partial charge in [-0.2, -0.15) is 5.10 Å². The third-order valence-corrected chi connectivity index (χ3v) is 3.12. The Hall–Kier alpha value is -2.54. The maximum Gasteiger partial charge on any atom is 0.282 e. The highest BCUT2D eigenvalue weighted by atomic mass is 79.9. The van der Waals surface area contributed by atoms with Gasteiger partial charge in [0.15, 0.2) is 0 Å². The Balaban J connectivity index is 2.08. The molecule has 0 atom stereocenters. The molecule has 2 rings (SSSR count). The van der Waals surface area contributed by atoms with E-state index in [9.17, 15) is 14.9 Å². The fourth-order valence-corrected chi connectivity index (χ4v) is 1.86. The van der Waals surface area contributed by atoms with Gasteiger partial charge in [0, 0.05) is 10.5 Å². The van der Waals surface area contributed by atoms with Crippen molar-refractivity contribution in [2.45, 2.75) is 0 Å². The Kier molecular flexibility index (Phi) is 4.78. The Labute approximate surface area is 128 Å². The Morgan fingerprint density at radius 3 is 2.52 bits per heavy atom. The molecule has 1 amide bonds. The van der Waals surface area contributed by atoms with Gasteiger partial charge in [0.1, 0.15) is 5.56 Å². The molecule has 0 aromatic heterocycles. The molecule has 0 aliphatic rings. The molecule has 0 radical (unpaired) electrons. The molecule has 7 heteroatoms. The highest BCUT2D eigenvalue weighted by molar-refractivity contribution is 9.10. The molecule has 6 nitrogen and oxygen atoms in total. The minimum atomic E-state index is -0.629. The van der Waals surface area contributed by atoms with Crippen LogP contribution in [0.3, 0.4) is 0 Å². The Morgan fingerprint density at radius 1 is 1.19 bits per heavy atom. The van der Waals surface area contributed by atoms with Crippen molar-refractivity contribution in [2.24, 2.45) is 5.10 Å². The lowest BCUT2D eigenvalue weighted by molar-refractivity contribution is -0.385. The van der Waals surface area contributed by atoms with E-state index in [0.717, 1.165) is 10.0 Å². The summed E-state index contributed by atoms with van der Waals surface area (Å²) in [6.45, 7) is 0. The summed E-state index contributed by atoms with van der Waals surface area (Å²) in [4.78, 5) is 22.1. The number of amides is 1. The molecule has 0 saturated carbocycles. The lowest BCUT2D eigenvalue weighted by atomic mass is 10.2. The number of carbonyl (C=O) groups excluding carboxylic acids is 1. The van der Waals surface area contributed by atoms with Crippen LogP contribution in [0.2, 0.25) is 0 Å². The molecular formula is C14H10BrN3O3. The van der Waals surface area contributed by atoms with Crippen molar-refractivity contribution in [3.63, 3.8) is 0 Å². The van der Waals surface area contributed by atoms with Crippen molar-refractivity contribution >= 4 is 33.7 Å². The van der Waals surface area contributed by atoms with Crippen molar-refractivity contribution in [3.8, 4) is 0 Å². The zero-order chi connectivity index (χ0) is 15.2. The van der Waals surface area contributed by atoms with Crippen LogP contribution in [0.4, 0.5) is 5.69 Å². The number of rotatable bonds is 4. The molecule has 0 fully saturated rings. The normalized spacial score (nSPS) is 10.5. The second-order valence-corrected chi connectivity index (χ2v) is 4.94.